The molecule has 1 heterocycles. The maximum Gasteiger partial charge on any atom is 0.191 e. The van der Waals surface area contributed by atoms with E-state index in [9.17, 15) is 4.39 Å². The van der Waals surface area contributed by atoms with E-state index in [-0.39, 0.29) is 5.82 Å². The number of aromatic nitrogens is 2. The highest BCUT2D eigenvalue weighted by atomic mass is 19.1. The molecule has 5 nitrogen and oxygen atoms in total. The molecule has 0 saturated carbocycles. The van der Waals surface area contributed by atoms with Crippen molar-refractivity contribution in [1.82, 2.24) is 20.2 Å². The Morgan fingerprint density at radius 1 is 1.07 bits per heavy atom. The number of nitrogens with zero attached hydrogens (tertiary/aromatic N) is 3. The van der Waals surface area contributed by atoms with Gasteiger partial charge in [-0.15, -0.1) is 0 Å². The number of rotatable bonds is 7. The Bertz CT molecular complexity index is 857. The van der Waals surface area contributed by atoms with Crippen molar-refractivity contribution < 1.29 is 4.39 Å². The Morgan fingerprint density at radius 2 is 1.89 bits per heavy atom. The first-order valence-electron chi connectivity index (χ1n) is 9.03. The molecule has 0 fully saturated rings. The number of halogens is 1. The van der Waals surface area contributed by atoms with Crippen LogP contribution in [0, 0.1) is 5.82 Å². The predicted octanol–water partition coefficient (Wildman–Crippen LogP) is 3.33. The number of guanidine groups is 1. The van der Waals surface area contributed by atoms with E-state index < -0.39 is 0 Å². The van der Waals surface area contributed by atoms with Crippen LogP contribution in [0.25, 0.3) is 0 Å². The zero-order valence-electron chi connectivity index (χ0n) is 15.4. The summed E-state index contributed by atoms with van der Waals surface area (Å²) in [6, 6.07) is 14.9. The van der Waals surface area contributed by atoms with E-state index in [4.69, 9.17) is 0 Å². The highest BCUT2D eigenvalue weighted by Gasteiger charge is 2.01. The van der Waals surface area contributed by atoms with Crippen molar-refractivity contribution in [2.24, 2.45) is 4.99 Å². The smallest absolute Gasteiger partial charge is 0.191 e. The van der Waals surface area contributed by atoms with Gasteiger partial charge in [-0.25, -0.2) is 14.4 Å². The minimum atomic E-state index is -0.227. The second-order valence-electron chi connectivity index (χ2n) is 6.23. The average molecular weight is 365 g/mol. The fraction of sp³-hybridized carbons (Fsp3) is 0.238. The lowest BCUT2D eigenvalue weighted by atomic mass is 10.1. The summed E-state index contributed by atoms with van der Waals surface area (Å²) in [4.78, 5) is 8.73. The van der Waals surface area contributed by atoms with Gasteiger partial charge in [-0.2, -0.15) is 0 Å². The lowest BCUT2D eigenvalue weighted by Crippen LogP contribution is -2.36. The fourth-order valence-corrected chi connectivity index (χ4v) is 2.72. The van der Waals surface area contributed by atoms with E-state index >= 15 is 0 Å². The maximum atomic E-state index is 13.0. The van der Waals surface area contributed by atoms with E-state index in [2.05, 4.69) is 44.9 Å². The van der Waals surface area contributed by atoms with Crippen LogP contribution in [0.15, 0.2) is 72.2 Å². The minimum Gasteiger partial charge on any atom is -0.357 e. The van der Waals surface area contributed by atoms with Crippen LogP contribution >= 0.6 is 0 Å². The van der Waals surface area contributed by atoms with Gasteiger partial charge in [0.05, 0.1) is 12.9 Å². The summed E-state index contributed by atoms with van der Waals surface area (Å²) in [6.07, 6.45) is 5.55. The molecule has 0 amide bonds. The normalized spacial score (nSPS) is 11.4. The van der Waals surface area contributed by atoms with Gasteiger partial charge in [0.1, 0.15) is 5.82 Å². The molecule has 3 aromatic rings. The van der Waals surface area contributed by atoms with Crippen molar-refractivity contribution in [2.45, 2.75) is 26.6 Å². The highest BCUT2D eigenvalue weighted by Crippen LogP contribution is 2.09. The van der Waals surface area contributed by atoms with Gasteiger partial charge >= 0.3 is 0 Å². The minimum absolute atomic E-state index is 0.227. The summed E-state index contributed by atoms with van der Waals surface area (Å²) in [5.74, 6) is 0.511. The largest absolute Gasteiger partial charge is 0.357 e. The van der Waals surface area contributed by atoms with Crippen LogP contribution in [0.3, 0.4) is 0 Å². The van der Waals surface area contributed by atoms with Crippen molar-refractivity contribution in [1.29, 1.82) is 0 Å². The van der Waals surface area contributed by atoms with Crippen LogP contribution < -0.4 is 10.6 Å². The average Bonchev–Trinajstić information content (AvgIpc) is 3.18. The zero-order chi connectivity index (χ0) is 18.9. The molecule has 6 heteroatoms. The van der Waals surface area contributed by atoms with Gasteiger partial charge in [0.15, 0.2) is 5.96 Å². The summed E-state index contributed by atoms with van der Waals surface area (Å²) < 4.78 is 15.0. The molecule has 0 aliphatic carbocycles. The molecule has 2 N–H and O–H groups in total. The van der Waals surface area contributed by atoms with Gasteiger partial charge in [-0.3, -0.25) is 0 Å². The topological polar surface area (TPSA) is 54.2 Å². The quantitative estimate of drug-likeness (QED) is 0.499. The lowest BCUT2D eigenvalue weighted by molar-refractivity contribution is 0.626. The van der Waals surface area contributed by atoms with Crippen LogP contribution in [-0.2, 0) is 19.6 Å². The monoisotopic (exact) mass is 365 g/mol. The van der Waals surface area contributed by atoms with Crippen molar-refractivity contribution >= 4 is 5.96 Å². The van der Waals surface area contributed by atoms with Crippen molar-refractivity contribution in [3.63, 3.8) is 0 Å². The molecule has 0 aliphatic rings. The SMILES string of the molecule is CCNC(=NCc1cccc(Cn2ccnc2)c1)NCc1ccc(F)cc1. The maximum absolute atomic E-state index is 13.0. The third kappa shape index (κ3) is 5.95. The molecule has 27 heavy (non-hydrogen) atoms. The molecule has 140 valence electrons. The van der Waals surface area contributed by atoms with Gasteiger partial charge in [0.2, 0.25) is 0 Å². The fourth-order valence-electron chi connectivity index (χ4n) is 2.72. The first kappa shape index (κ1) is 18.6. The van der Waals surface area contributed by atoms with Crippen molar-refractivity contribution in [2.75, 3.05) is 6.54 Å². The Morgan fingerprint density at radius 3 is 2.63 bits per heavy atom. The molecule has 2 aromatic carbocycles. The van der Waals surface area contributed by atoms with Crippen LogP contribution in [0.1, 0.15) is 23.6 Å². The summed E-state index contributed by atoms with van der Waals surface area (Å²) in [6.45, 7) is 4.76. The second kappa shape index (κ2) is 9.52. The lowest BCUT2D eigenvalue weighted by Gasteiger charge is -2.12. The molecule has 1 aromatic heterocycles. The molecule has 0 unspecified atom stereocenters. The second-order valence-corrected chi connectivity index (χ2v) is 6.23. The Kier molecular flexibility index (Phi) is 6.57. The number of hydrogen-bond donors (Lipinski definition) is 2. The van der Waals surface area contributed by atoms with Crippen molar-refractivity contribution in [3.05, 3.63) is 89.8 Å². The standard InChI is InChI=1S/C21H24FN5/c1-2-24-21(25-13-17-6-8-20(22)9-7-17)26-14-18-4-3-5-19(12-18)15-27-11-10-23-16-27/h3-12,16H,2,13-15H2,1H3,(H2,24,25,26). The van der Waals surface area contributed by atoms with Crippen LogP contribution in [0.4, 0.5) is 4.39 Å². The number of hydrogen-bond acceptors (Lipinski definition) is 2. The first-order chi connectivity index (χ1) is 13.2. The molecule has 0 radical (unpaired) electrons. The van der Waals surface area contributed by atoms with Gasteiger partial charge in [-0.05, 0) is 35.7 Å². The number of nitrogens with one attached hydrogen (secondary N) is 2. The Hall–Kier alpha value is -3.15. The van der Waals surface area contributed by atoms with E-state index in [0.717, 1.165) is 30.2 Å². The number of benzene rings is 2. The Labute approximate surface area is 159 Å². The zero-order valence-corrected chi connectivity index (χ0v) is 15.4. The molecule has 0 aliphatic heterocycles. The molecule has 0 bridgehead atoms. The predicted molar refractivity (Wildman–Crippen MR) is 106 cm³/mol. The molecule has 3 rings (SSSR count). The van der Waals surface area contributed by atoms with Gasteiger partial charge in [-0.1, -0.05) is 36.4 Å². The summed E-state index contributed by atoms with van der Waals surface area (Å²) >= 11 is 0. The highest BCUT2D eigenvalue weighted by molar-refractivity contribution is 5.79. The summed E-state index contributed by atoms with van der Waals surface area (Å²) in [5.41, 5.74) is 3.36. The summed E-state index contributed by atoms with van der Waals surface area (Å²) in [5, 5.41) is 6.52. The van der Waals surface area contributed by atoms with Crippen LogP contribution in [-0.4, -0.2) is 22.1 Å². The first-order valence-corrected chi connectivity index (χ1v) is 9.03. The Balaban J connectivity index is 1.61. The molecular weight excluding hydrogens is 341 g/mol. The molecular formula is C21H24FN5. The van der Waals surface area contributed by atoms with Gasteiger partial charge in [0, 0.05) is 32.0 Å². The van der Waals surface area contributed by atoms with E-state index in [1.165, 1.54) is 17.7 Å². The number of imidazole rings is 1. The third-order valence-corrected chi connectivity index (χ3v) is 4.05. The third-order valence-electron chi connectivity index (χ3n) is 4.05. The van der Waals surface area contributed by atoms with Gasteiger partial charge in [0.25, 0.3) is 0 Å². The van der Waals surface area contributed by atoms with Crippen LogP contribution in [0.5, 0.6) is 0 Å². The van der Waals surface area contributed by atoms with E-state index in [1.54, 1.807) is 18.3 Å². The number of aliphatic imine (C=N–C) groups is 1. The molecule has 0 saturated heterocycles. The van der Waals surface area contributed by atoms with Crippen molar-refractivity contribution in [3.8, 4) is 0 Å². The molecule has 0 atom stereocenters. The van der Waals surface area contributed by atoms with E-state index in [1.807, 2.05) is 24.0 Å². The van der Waals surface area contributed by atoms with Gasteiger partial charge < -0.3 is 15.2 Å². The van der Waals surface area contributed by atoms with Crippen LogP contribution in [0.2, 0.25) is 0 Å². The molecule has 0 spiro atoms. The van der Waals surface area contributed by atoms with E-state index in [0.29, 0.717) is 13.1 Å². The summed E-state index contributed by atoms with van der Waals surface area (Å²) in [7, 11) is 0.